The van der Waals surface area contributed by atoms with Crippen molar-refractivity contribution < 1.29 is 4.79 Å². The standard InChI is InChI=1S/C18H24N4O/c1-12-10-16(13(2)22(12)15-5-6-15)18(23)21-9-3-4-14(11-21)17-7-8-19-20-17/h7-8,10,14-15H,3-6,9,11H2,1-2H3,(H,19,20)/t14-/m1/s1. The normalized spacial score (nSPS) is 21.7. The van der Waals surface area contributed by atoms with Gasteiger partial charge >= 0.3 is 0 Å². The molecule has 23 heavy (non-hydrogen) atoms. The van der Waals surface area contributed by atoms with Crippen LogP contribution in [0.3, 0.4) is 0 Å². The van der Waals surface area contributed by atoms with E-state index in [1.165, 1.54) is 18.5 Å². The van der Waals surface area contributed by atoms with E-state index in [1.54, 1.807) is 6.20 Å². The second-order valence-electron chi connectivity index (χ2n) is 6.99. The maximum absolute atomic E-state index is 13.0. The number of hydrogen-bond donors (Lipinski definition) is 1. The van der Waals surface area contributed by atoms with Crippen molar-refractivity contribution in [1.82, 2.24) is 19.7 Å². The quantitative estimate of drug-likeness (QED) is 0.946. The molecule has 5 nitrogen and oxygen atoms in total. The van der Waals surface area contributed by atoms with Crippen molar-refractivity contribution in [2.45, 2.75) is 51.5 Å². The number of piperidine rings is 1. The molecule has 1 atom stereocenters. The highest BCUT2D eigenvalue weighted by Gasteiger charge is 2.31. The minimum absolute atomic E-state index is 0.189. The van der Waals surface area contributed by atoms with Gasteiger partial charge in [0.2, 0.25) is 0 Å². The zero-order valence-corrected chi connectivity index (χ0v) is 13.9. The van der Waals surface area contributed by atoms with Gasteiger partial charge in [0.15, 0.2) is 0 Å². The van der Waals surface area contributed by atoms with E-state index >= 15 is 0 Å². The summed E-state index contributed by atoms with van der Waals surface area (Å²) >= 11 is 0. The third-order valence-corrected chi connectivity index (χ3v) is 5.30. The topological polar surface area (TPSA) is 53.9 Å². The van der Waals surface area contributed by atoms with Crippen LogP contribution in [0.4, 0.5) is 0 Å². The summed E-state index contributed by atoms with van der Waals surface area (Å²) in [6.07, 6.45) is 6.45. The number of amides is 1. The summed E-state index contributed by atoms with van der Waals surface area (Å²) in [5, 5.41) is 7.11. The maximum atomic E-state index is 13.0. The predicted molar refractivity (Wildman–Crippen MR) is 88.6 cm³/mol. The van der Waals surface area contributed by atoms with Crippen molar-refractivity contribution in [2.24, 2.45) is 0 Å². The van der Waals surface area contributed by atoms with Crippen LogP contribution in [0.2, 0.25) is 0 Å². The molecule has 1 aliphatic heterocycles. The van der Waals surface area contributed by atoms with Gasteiger partial charge in [-0.15, -0.1) is 0 Å². The smallest absolute Gasteiger partial charge is 0.255 e. The molecule has 5 heteroatoms. The molecule has 0 bridgehead atoms. The number of carbonyl (C=O) groups excluding carboxylic acids is 1. The van der Waals surface area contributed by atoms with Crippen molar-refractivity contribution in [3.8, 4) is 0 Å². The van der Waals surface area contributed by atoms with Crippen LogP contribution >= 0.6 is 0 Å². The Hall–Kier alpha value is -2.04. The minimum atomic E-state index is 0.189. The predicted octanol–water partition coefficient (Wildman–Crippen LogP) is 3.18. The van der Waals surface area contributed by atoms with Crippen LogP contribution in [0.15, 0.2) is 18.3 Å². The number of carbonyl (C=O) groups is 1. The van der Waals surface area contributed by atoms with Crippen LogP contribution in [0.5, 0.6) is 0 Å². The van der Waals surface area contributed by atoms with Crippen LogP contribution in [0, 0.1) is 13.8 Å². The number of nitrogens with one attached hydrogen (secondary N) is 1. The van der Waals surface area contributed by atoms with Gasteiger partial charge in [-0.2, -0.15) is 5.10 Å². The molecule has 0 radical (unpaired) electrons. The first kappa shape index (κ1) is 14.5. The molecule has 1 amide bonds. The zero-order chi connectivity index (χ0) is 16.0. The van der Waals surface area contributed by atoms with E-state index < -0.39 is 0 Å². The van der Waals surface area contributed by atoms with Crippen molar-refractivity contribution in [1.29, 1.82) is 0 Å². The molecule has 2 fully saturated rings. The van der Waals surface area contributed by atoms with Gasteiger partial charge in [0.05, 0.1) is 5.56 Å². The highest BCUT2D eigenvalue weighted by atomic mass is 16.2. The van der Waals surface area contributed by atoms with Gasteiger partial charge in [-0.25, -0.2) is 0 Å². The fourth-order valence-corrected chi connectivity index (χ4v) is 3.97. The number of aromatic amines is 1. The van der Waals surface area contributed by atoms with Crippen molar-refractivity contribution in [2.75, 3.05) is 13.1 Å². The summed E-state index contributed by atoms with van der Waals surface area (Å²) in [7, 11) is 0. The largest absolute Gasteiger partial charge is 0.345 e. The van der Waals surface area contributed by atoms with Crippen molar-refractivity contribution >= 4 is 5.91 Å². The lowest BCUT2D eigenvalue weighted by Crippen LogP contribution is -2.39. The van der Waals surface area contributed by atoms with Gasteiger partial charge in [0.25, 0.3) is 5.91 Å². The van der Waals surface area contributed by atoms with Crippen molar-refractivity contribution in [3.63, 3.8) is 0 Å². The second kappa shape index (κ2) is 5.55. The Kier molecular flexibility index (Phi) is 3.51. The van der Waals surface area contributed by atoms with Crippen LogP contribution in [-0.2, 0) is 0 Å². The average molecular weight is 312 g/mol. The van der Waals surface area contributed by atoms with Gasteiger partial charge in [-0.3, -0.25) is 9.89 Å². The third-order valence-electron chi connectivity index (χ3n) is 5.30. The van der Waals surface area contributed by atoms with E-state index in [-0.39, 0.29) is 5.91 Å². The third kappa shape index (κ3) is 2.58. The first-order valence-electron chi connectivity index (χ1n) is 8.62. The van der Waals surface area contributed by atoms with Crippen LogP contribution in [0.25, 0.3) is 0 Å². The van der Waals surface area contributed by atoms with Gasteiger partial charge in [0, 0.05) is 48.3 Å². The van der Waals surface area contributed by atoms with E-state index in [0.717, 1.165) is 42.9 Å². The van der Waals surface area contributed by atoms with E-state index in [1.807, 2.05) is 11.0 Å². The van der Waals surface area contributed by atoms with Gasteiger partial charge in [0.1, 0.15) is 0 Å². The monoisotopic (exact) mass is 312 g/mol. The Bertz CT molecular complexity index is 712. The van der Waals surface area contributed by atoms with Crippen LogP contribution < -0.4 is 0 Å². The highest BCUT2D eigenvalue weighted by Crippen LogP contribution is 2.38. The number of H-pyrrole nitrogens is 1. The summed E-state index contributed by atoms with van der Waals surface area (Å²) in [5.41, 5.74) is 4.39. The average Bonchev–Trinajstić information content (AvgIpc) is 3.13. The lowest BCUT2D eigenvalue weighted by molar-refractivity contribution is 0.0705. The van der Waals surface area contributed by atoms with Gasteiger partial charge in [-0.05, 0) is 51.7 Å². The SMILES string of the molecule is Cc1cc(C(=O)N2CCC[C@@H](c3ccn[nH]3)C2)c(C)n1C1CC1. The van der Waals surface area contributed by atoms with Crippen LogP contribution in [0.1, 0.15) is 65.1 Å². The van der Waals surface area contributed by atoms with E-state index in [9.17, 15) is 4.79 Å². The zero-order valence-electron chi connectivity index (χ0n) is 13.9. The van der Waals surface area contributed by atoms with Crippen LogP contribution in [-0.4, -0.2) is 38.7 Å². The van der Waals surface area contributed by atoms with Gasteiger partial charge < -0.3 is 9.47 Å². The molecule has 1 saturated heterocycles. The molecule has 1 N–H and O–H groups in total. The summed E-state index contributed by atoms with van der Waals surface area (Å²) in [4.78, 5) is 15.1. The Morgan fingerprint density at radius 3 is 2.83 bits per heavy atom. The lowest BCUT2D eigenvalue weighted by Gasteiger charge is -2.32. The number of hydrogen-bond acceptors (Lipinski definition) is 2. The summed E-state index contributed by atoms with van der Waals surface area (Å²) in [6.45, 7) is 5.85. The molecule has 0 aromatic carbocycles. The molecule has 1 aliphatic carbocycles. The molecule has 0 spiro atoms. The van der Waals surface area contributed by atoms with E-state index in [0.29, 0.717) is 12.0 Å². The summed E-state index contributed by atoms with van der Waals surface area (Å²) in [6, 6.07) is 4.73. The summed E-state index contributed by atoms with van der Waals surface area (Å²) < 4.78 is 2.35. The molecular formula is C18H24N4O. The Morgan fingerprint density at radius 2 is 2.13 bits per heavy atom. The molecular weight excluding hydrogens is 288 g/mol. The van der Waals surface area contributed by atoms with E-state index in [4.69, 9.17) is 0 Å². The Labute approximate surface area is 136 Å². The molecule has 2 aromatic rings. The number of aromatic nitrogens is 3. The number of rotatable bonds is 3. The first-order chi connectivity index (χ1) is 11.1. The molecule has 4 rings (SSSR count). The fourth-order valence-electron chi connectivity index (χ4n) is 3.97. The van der Waals surface area contributed by atoms with Crippen molar-refractivity contribution in [3.05, 3.63) is 41.0 Å². The minimum Gasteiger partial charge on any atom is -0.345 e. The molecule has 2 aliphatic rings. The highest BCUT2D eigenvalue weighted by molar-refractivity contribution is 5.95. The second-order valence-corrected chi connectivity index (χ2v) is 6.99. The first-order valence-corrected chi connectivity index (χ1v) is 8.62. The number of aryl methyl sites for hydroxylation is 1. The number of likely N-dealkylation sites (tertiary alicyclic amines) is 1. The Morgan fingerprint density at radius 1 is 1.30 bits per heavy atom. The maximum Gasteiger partial charge on any atom is 0.255 e. The summed E-state index contributed by atoms with van der Waals surface area (Å²) in [5.74, 6) is 0.566. The molecule has 0 unspecified atom stereocenters. The van der Waals surface area contributed by atoms with Gasteiger partial charge in [-0.1, -0.05) is 0 Å². The fraction of sp³-hybridized carbons (Fsp3) is 0.556. The molecule has 2 aromatic heterocycles. The lowest BCUT2D eigenvalue weighted by atomic mass is 9.94. The Balaban J connectivity index is 1.56. The molecule has 122 valence electrons. The molecule has 1 saturated carbocycles. The molecule has 3 heterocycles. The van der Waals surface area contributed by atoms with E-state index in [2.05, 4.69) is 34.7 Å². The number of nitrogens with zero attached hydrogens (tertiary/aromatic N) is 3.